The van der Waals surface area contributed by atoms with Crippen molar-refractivity contribution in [3.05, 3.63) is 39.4 Å². The fourth-order valence-electron chi connectivity index (χ4n) is 2.42. The van der Waals surface area contributed by atoms with Gasteiger partial charge in [0, 0.05) is 30.8 Å². The van der Waals surface area contributed by atoms with Gasteiger partial charge >= 0.3 is 5.97 Å². The van der Waals surface area contributed by atoms with Gasteiger partial charge in [-0.2, -0.15) is 0 Å². The normalized spacial score (nSPS) is 13.5. The lowest BCUT2D eigenvalue weighted by molar-refractivity contribution is -0.384. The molecule has 0 aromatic heterocycles. The van der Waals surface area contributed by atoms with E-state index in [4.69, 9.17) is 0 Å². The van der Waals surface area contributed by atoms with E-state index in [1.165, 1.54) is 6.07 Å². The molecule has 24 heavy (non-hydrogen) atoms. The van der Waals surface area contributed by atoms with Gasteiger partial charge in [0.2, 0.25) is 5.91 Å². The Labute approximate surface area is 137 Å². The Balaban J connectivity index is 2.12. The van der Waals surface area contributed by atoms with Gasteiger partial charge in [-0.15, -0.1) is 0 Å². The monoisotopic (exact) mass is 335 g/mol. The molecule has 1 saturated heterocycles. The molecule has 1 aromatic carbocycles. The smallest absolute Gasteiger partial charge is 0.338 e. The molecule has 1 N–H and O–H groups in total. The van der Waals surface area contributed by atoms with Gasteiger partial charge in [-0.25, -0.2) is 4.79 Å². The molecule has 1 fully saturated rings. The summed E-state index contributed by atoms with van der Waals surface area (Å²) in [5.41, 5.74) is -0.601. The Hall–Kier alpha value is -2.97. The maximum Gasteiger partial charge on any atom is 0.338 e. The standard InChI is InChI=1S/C15H17N3O6/c1-24-15(21)11-6-10(7-12(8-11)18(22)23)14(20)16-9-13(19)17-4-2-3-5-17/h6-8H,2-5,9H2,1H3,(H,16,20). The Kier molecular flexibility index (Phi) is 5.46. The summed E-state index contributed by atoms with van der Waals surface area (Å²) in [6, 6.07) is 3.26. The van der Waals surface area contributed by atoms with E-state index in [1.807, 2.05) is 0 Å². The van der Waals surface area contributed by atoms with Crippen molar-refractivity contribution in [1.82, 2.24) is 10.2 Å². The van der Waals surface area contributed by atoms with Crippen molar-refractivity contribution in [2.45, 2.75) is 12.8 Å². The second kappa shape index (κ2) is 7.53. The third-order valence-electron chi connectivity index (χ3n) is 3.67. The van der Waals surface area contributed by atoms with Crippen LogP contribution in [0.15, 0.2) is 18.2 Å². The fourth-order valence-corrected chi connectivity index (χ4v) is 2.42. The number of carbonyl (C=O) groups excluding carboxylic acids is 3. The van der Waals surface area contributed by atoms with Crippen molar-refractivity contribution in [2.75, 3.05) is 26.7 Å². The maximum atomic E-state index is 12.1. The predicted octanol–water partition coefficient (Wildman–Crippen LogP) is 0.734. The summed E-state index contributed by atoms with van der Waals surface area (Å²) in [6.07, 6.45) is 1.88. The number of nitrogens with zero attached hydrogens (tertiary/aromatic N) is 2. The van der Waals surface area contributed by atoms with Crippen molar-refractivity contribution >= 4 is 23.5 Å². The molecule has 1 aliphatic rings. The van der Waals surface area contributed by atoms with Gasteiger partial charge in [-0.05, 0) is 18.9 Å². The molecule has 0 unspecified atom stereocenters. The number of methoxy groups -OCH3 is 1. The van der Waals surface area contributed by atoms with Crippen LogP contribution in [0.5, 0.6) is 0 Å². The number of nitro groups is 1. The topological polar surface area (TPSA) is 119 Å². The highest BCUT2D eigenvalue weighted by Gasteiger charge is 2.21. The molecule has 9 nitrogen and oxygen atoms in total. The zero-order valence-corrected chi connectivity index (χ0v) is 13.1. The molecule has 2 amide bonds. The predicted molar refractivity (Wildman–Crippen MR) is 82.6 cm³/mol. The van der Waals surface area contributed by atoms with E-state index in [0.29, 0.717) is 13.1 Å². The Morgan fingerprint density at radius 1 is 1.21 bits per heavy atom. The van der Waals surface area contributed by atoms with Crippen molar-refractivity contribution in [2.24, 2.45) is 0 Å². The number of esters is 1. The van der Waals surface area contributed by atoms with E-state index in [9.17, 15) is 24.5 Å². The molecular formula is C15H17N3O6. The summed E-state index contributed by atoms with van der Waals surface area (Å²) in [5.74, 6) is -1.67. The first-order valence-electron chi connectivity index (χ1n) is 7.36. The number of ether oxygens (including phenoxy) is 1. The van der Waals surface area contributed by atoms with Crippen LogP contribution < -0.4 is 5.32 Å². The van der Waals surface area contributed by atoms with Gasteiger partial charge < -0.3 is 15.0 Å². The van der Waals surface area contributed by atoms with Crippen molar-refractivity contribution in [3.63, 3.8) is 0 Å². The first-order valence-corrected chi connectivity index (χ1v) is 7.36. The van der Waals surface area contributed by atoms with E-state index in [1.54, 1.807) is 4.90 Å². The van der Waals surface area contributed by atoms with Crippen LogP contribution in [0.25, 0.3) is 0 Å². The van der Waals surface area contributed by atoms with E-state index < -0.39 is 22.5 Å². The van der Waals surface area contributed by atoms with Crippen LogP contribution >= 0.6 is 0 Å². The Bertz CT molecular complexity index is 682. The number of amides is 2. The molecule has 1 heterocycles. The molecule has 128 valence electrons. The lowest BCUT2D eigenvalue weighted by Crippen LogP contribution is -2.38. The van der Waals surface area contributed by atoms with Gasteiger partial charge in [0.15, 0.2) is 0 Å². The third kappa shape index (κ3) is 4.06. The van der Waals surface area contributed by atoms with Gasteiger partial charge in [-0.1, -0.05) is 0 Å². The maximum absolute atomic E-state index is 12.1. The fraction of sp³-hybridized carbons (Fsp3) is 0.400. The number of hydrogen-bond donors (Lipinski definition) is 1. The summed E-state index contributed by atoms with van der Waals surface area (Å²) in [7, 11) is 1.13. The third-order valence-corrected chi connectivity index (χ3v) is 3.67. The van der Waals surface area contributed by atoms with E-state index in [2.05, 4.69) is 10.1 Å². The Morgan fingerprint density at radius 2 is 1.83 bits per heavy atom. The summed E-state index contributed by atoms with van der Waals surface area (Å²) in [6.45, 7) is 1.13. The largest absolute Gasteiger partial charge is 0.465 e. The average Bonchev–Trinajstić information content (AvgIpc) is 3.12. The highest BCUT2D eigenvalue weighted by molar-refractivity contribution is 6.00. The SMILES string of the molecule is COC(=O)c1cc(C(=O)NCC(=O)N2CCCC2)cc([N+](=O)[O-])c1. The molecule has 2 rings (SSSR count). The molecule has 1 aliphatic heterocycles. The number of rotatable bonds is 5. The van der Waals surface area contributed by atoms with Crippen LogP contribution in [0.2, 0.25) is 0 Å². The van der Waals surface area contributed by atoms with Crippen molar-refractivity contribution < 1.29 is 24.0 Å². The average molecular weight is 335 g/mol. The second-order valence-electron chi connectivity index (χ2n) is 5.29. The number of nitro benzene ring substituents is 1. The minimum atomic E-state index is -0.791. The van der Waals surface area contributed by atoms with E-state index in [0.717, 1.165) is 32.1 Å². The minimum absolute atomic E-state index is 0.0844. The van der Waals surface area contributed by atoms with Gasteiger partial charge in [0.25, 0.3) is 11.6 Å². The summed E-state index contributed by atoms with van der Waals surface area (Å²) in [4.78, 5) is 47.5. The van der Waals surface area contributed by atoms with Crippen LogP contribution in [0.4, 0.5) is 5.69 Å². The van der Waals surface area contributed by atoms with Crippen LogP contribution in [0, 0.1) is 10.1 Å². The Morgan fingerprint density at radius 3 is 2.42 bits per heavy atom. The molecule has 0 radical (unpaired) electrons. The van der Waals surface area contributed by atoms with Gasteiger partial charge in [-0.3, -0.25) is 19.7 Å². The number of benzene rings is 1. The lowest BCUT2D eigenvalue weighted by atomic mass is 10.1. The van der Waals surface area contributed by atoms with Crippen LogP contribution in [0.3, 0.4) is 0 Å². The number of carbonyl (C=O) groups is 3. The molecular weight excluding hydrogens is 318 g/mol. The highest BCUT2D eigenvalue weighted by atomic mass is 16.6. The second-order valence-corrected chi connectivity index (χ2v) is 5.29. The van der Waals surface area contributed by atoms with Crippen LogP contribution in [-0.4, -0.2) is 54.4 Å². The highest BCUT2D eigenvalue weighted by Crippen LogP contribution is 2.18. The summed E-state index contributed by atoms with van der Waals surface area (Å²) >= 11 is 0. The summed E-state index contributed by atoms with van der Waals surface area (Å²) in [5, 5.41) is 13.4. The number of likely N-dealkylation sites (tertiary alicyclic amines) is 1. The molecule has 1 aromatic rings. The molecule has 0 saturated carbocycles. The quantitative estimate of drug-likeness (QED) is 0.481. The van der Waals surface area contributed by atoms with Gasteiger partial charge in [0.1, 0.15) is 0 Å². The first-order chi connectivity index (χ1) is 11.4. The van der Waals surface area contributed by atoms with E-state index in [-0.39, 0.29) is 23.6 Å². The number of non-ortho nitro benzene ring substituents is 1. The van der Waals surface area contributed by atoms with Gasteiger partial charge in [0.05, 0.1) is 24.1 Å². The minimum Gasteiger partial charge on any atom is -0.465 e. The van der Waals surface area contributed by atoms with E-state index >= 15 is 0 Å². The molecule has 0 spiro atoms. The molecule has 9 heteroatoms. The van der Waals surface area contributed by atoms with Crippen LogP contribution in [0.1, 0.15) is 33.6 Å². The molecule has 0 aliphatic carbocycles. The molecule has 0 bridgehead atoms. The van der Waals surface area contributed by atoms with Crippen molar-refractivity contribution in [1.29, 1.82) is 0 Å². The zero-order chi connectivity index (χ0) is 17.7. The zero-order valence-electron chi connectivity index (χ0n) is 13.1. The summed E-state index contributed by atoms with van der Waals surface area (Å²) < 4.78 is 4.52. The van der Waals surface area contributed by atoms with Crippen molar-refractivity contribution in [3.8, 4) is 0 Å². The number of hydrogen-bond acceptors (Lipinski definition) is 6. The molecule has 0 atom stereocenters. The van der Waals surface area contributed by atoms with Crippen LogP contribution in [-0.2, 0) is 9.53 Å². The lowest BCUT2D eigenvalue weighted by Gasteiger charge is -2.15. The first kappa shape index (κ1) is 17.4. The number of nitrogens with one attached hydrogen (secondary N) is 1.